The molecule has 0 amide bonds. The molecule has 0 spiro atoms. The highest BCUT2D eigenvalue weighted by Crippen LogP contribution is 2.30. The lowest BCUT2D eigenvalue weighted by Crippen LogP contribution is -2.52. The van der Waals surface area contributed by atoms with Crippen molar-refractivity contribution in [3.8, 4) is 11.5 Å². The number of hydrogen-bond donors (Lipinski definition) is 2. The predicted octanol–water partition coefficient (Wildman–Crippen LogP) is 2.47. The highest BCUT2D eigenvalue weighted by Gasteiger charge is 2.27. The molecular formula is C21H28N2O3. The van der Waals surface area contributed by atoms with Gasteiger partial charge in [0.1, 0.15) is 0 Å². The first-order valence-electron chi connectivity index (χ1n) is 9.17. The quantitative estimate of drug-likeness (QED) is 0.798. The normalized spacial score (nSPS) is 18.8. The summed E-state index contributed by atoms with van der Waals surface area (Å²) in [4.78, 5) is 4.80. The smallest absolute Gasteiger partial charge is 0.162 e. The number of aromatic hydroxyl groups is 1. The number of phenols is 1. The highest BCUT2D eigenvalue weighted by molar-refractivity contribution is 5.45. The number of phenolic OH excluding ortho intramolecular Hbond substituents is 1. The molecule has 0 aliphatic carbocycles. The predicted molar refractivity (Wildman–Crippen MR) is 102 cm³/mol. The van der Waals surface area contributed by atoms with E-state index in [1.165, 1.54) is 5.56 Å². The number of aliphatic hydroxyl groups excluding tert-OH is 1. The minimum absolute atomic E-state index is 0.189. The van der Waals surface area contributed by atoms with E-state index in [0.717, 1.165) is 38.2 Å². The molecule has 5 heteroatoms. The van der Waals surface area contributed by atoms with Gasteiger partial charge in [0.15, 0.2) is 11.5 Å². The minimum Gasteiger partial charge on any atom is -0.504 e. The van der Waals surface area contributed by atoms with Gasteiger partial charge in [-0.2, -0.15) is 0 Å². The van der Waals surface area contributed by atoms with E-state index >= 15 is 0 Å². The Morgan fingerprint density at radius 1 is 1.04 bits per heavy atom. The molecule has 2 N–H and O–H groups in total. The number of benzene rings is 2. The lowest BCUT2D eigenvalue weighted by Gasteiger charge is -2.41. The fraction of sp³-hybridized carbons (Fsp3) is 0.429. The van der Waals surface area contributed by atoms with E-state index in [1.54, 1.807) is 13.2 Å². The van der Waals surface area contributed by atoms with Crippen LogP contribution in [0.4, 0.5) is 0 Å². The Hall–Kier alpha value is -2.08. The van der Waals surface area contributed by atoms with Crippen molar-refractivity contribution in [1.29, 1.82) is 0 Å². The Morgan fingerprint density at radius 3 is 2.58 bits per heavy atom. The van der Waals surface area contributed by atoms with Gasteiger partial charge in [0.25, 0.3) is 0 Å². The van der Waals surface area contributed by atoms with Crippen molar-refractivity contribution >= 4 is 0 Å². The van der Waals surface area contributed by atoms with Crippen LogP contribution in [0.3, 0.4) is 0 Å². The van der Waals surface area contributed by atoms with Crippen LogP contribution in [0.5, 0.6) is 11.5 Å². The van der Waals surface area contributed by atoms with Gasteiger partial charge in [-0.05, 0) is 18.1 Å². The summed E-state index contributed by atoms with van der Waals surface area (Å²) >= 11 is 0. The van der Waals surface area contributed by atoms with Crippen LogP contribution in [0.15, 0.2) is 48.5 Å². The first-order chi connectivity index (χ1) is 12.7. The number of methoxy groups -OCH3 is 1. The molecule has 1 aliphatic heterocycles. The third-order valence-electron chi connectivity index (χ3n) is 5.08. The number of rotatable bonds is 7. The molecule has 1 heterocycles. The molecule has 2 aromatic rings. The summed E-state index contributed by atoms with van der Waals surface area (Å²) in [5.41, 5.74) is 2.18. The Kier molecular flexibility index (Phi) is 6.50. The summed E-state index contributed by atoms with van der Waals surface area (Å²) in [7, 11) is 1.57. The van der Waals surface area contributed by atoms with Crippen LogP contribution < -0.4 is 4.74 Å². The maximum atomic E-state index is 10.3. The van der Waals surface area contributed by atoms with Crippen molar-refractivity contribution in [3.05, 3.63) is 59.7 Å². The largest absolute Gasteiger partial charge is 0.504 e. The zero-order valence-electron chi connectivity index (χ0n) is 15.3. The number of para-hydroxylation sites is 1. The SMILES string of the molecule is COc1cccc(CN2CCN(Cc3ccccc3)C(CCO)C2)c1O. The first-order valence-corrected chi connectivity index (χ1v) is 9.17. The van der Waals surface area contributed by atoms with E-state index in [-0.39, 0.29) is 12.4 Å². The maximum absolute atomic E-state index is 10.3. The molecule has 140 valence electrons. The van der Waals surface area contributed by atoms with Crippen molar-refractivity contribution in [2.75, 3.05) is 33.4 Å². The van der Waals surface area contributed by atoms with Crippen molar-refractivity contribution in [1.82, 2.24) is 9.80 Å². The number of hydrogen-bond acceptors (Lipinski definition) is 5. The molecule has 26 heavy (non-hydrogen) atoms. The van der Waals surface area contributed by atoms with Gasteiger partial charge in [-0.3, -0.25) is 9.80 Å². The second-order valence-electron chi connectivity index (χ2n) is 6.83. The van der Waals surface area contributed by atoms with E-state index in [2.05, 4.69) is 34.1 Å². The number of aliphatic hydroxyl groups is 1. The van der Waals surface area contributed by atoms with Gasteiger partial charge in [0.05, 0.1) is 7.11 Å². The summed E-state index contributed by atoms with van der Waals surface area (Å²) in [5.74, 6) is 0.734. The average molecular weight is 356 g/mol. The monoisotopic (exact) mass is 356 g/mol. The molecule has 1 aliphatic rings. The third kappa shape index (κ3) is 4.55. The Morgan fingerprint density at radius 2 is 1.85 bits per heavy atom. The highest BCUT2D eigenvalue weighted by atomic mass is 16.5. The lowest BCUT2D eigenvalue weighted by molar-refractivity contribution is 0.0496. The molecule has 1 fully saturated rings. The fourth-order valence-electron chi connectivity index (χ4n) is 3.65. The van der Waals surface area contributed by atoms with E-state index < -0.39 is 0 Å². The minimum atomic E-state index is 0.189. The number of ether oxygens (including phenoxy) is 1. The summed E-state index contributed by atoms with van der Waals surface area (Å²) in [6, 6.07) is 16.4. The Bertz CT molecular complexity index is 693. The molecule has 5 nitrogen and oxygen atoms in total. The summed E-state index contributed by atoms with van der Waals surface area (Å²) in [5, 5.41) is 19.8. The summed E-state index contributed by atoms with van der Waals surface area (Å²) < 4.78 is 5.21. The summed E-state index contributed by atoms with van der Waals surface area (Å²) in [6.07, 6.45) is 0.757. The van der Waals surface area contributed by atoms with E-state index in [9.17, 15) is 10.2 Å². The van der Waals surface area contributed by atoms with Gasteiger partial charge in [0.2, 0.25) is 0 Å². The molecule has 2 aromatic carbocycles. The van der Waals surface area contributed by atoms with Gasteiger partial charge in [-0.15, -0.1) is 0 Å². The van der Waals surface area contributed by atoms with Crippen molar-refractivity contribution in [2.24, 2.45) is 0 Å². The van der Waals surface area contributed by atoms with Gasteiger partial charge < -0.3 is 14.9 Å². The molecule has 0 radical (unpaired) electrons. The van der Waals surface area contributed by atoms with Crippen LogP contribution >= 0.6 is 0 Å². The van der Waals surface area contributed by atoms with Crippen LogP contribution in [0, 0.1) is 0 Å². The van der Waals surface area contributed by atoms with Gasteiger partial charge >= 0.3 is 0 Å². The molecule has 0 aromatic heterocycles. The maximum Gasteiger partial charge on any atom is 0.162 e. The van der Waals surface area contributed by atoms with E-state index in [1.807, 2.05) is 18.2 Å². The van der Waals surface area contributed by atoms with Gasteiger partial charge in [0, 0.05) is 50.9 Å². The van der Waals surface area contributed by atoms with E-state index in [4.69, 9.17) is 4.74 Å². The number of piperazine rings is 1. The fourth-order valence-corrected chi connectivity index (χ4v) is 3.65. The Balaban J connectivity index is 1.66. The molecule has 0 saturated carbocycles. The van der Waals surface area contributed by atoms with Crippen molar-refractivity contribution < 1.29 is 14.9 Å². The standard InChI is InChI=1S/C21H28N2O3/c1-26-20-9-5-8-18(21(20)25)15-22-11-12-23(19(16-22)10-13-24)14-17-6-3-2-4-7-17/h2-9,19,24-25H,10-16H2,1H3. The van der Waals surface area contributed by atoms with Crippen LogP contribution in [-0.2, 0) is 13.1 Å². The molecular weight excluding hydrogens is 328 g/mol. The van der Waals surface area contributed by atoms with Crippen LogP contribution in [0.25, 0.3) is 0 Å². The van der Waals surface area contributed by atoms with Gasteiger partial charge in [-0.25, -0.2) is 0 Å². The second-order valence-corrected chi connectivity index (χ2v) is 6.83. The molecule has 1 saturated heterocycles. The first kappa shape index (κ1) is 18.7. The van der Waals surface area contributed by atoms with E-state index in [0.29, 0.717) is 18.3 Å². The van der Waals surface area contributed by atoms with Gasteiger partial charge in [-0.1, -0.05) is 42.5 Å². The Labute approximate surface area is 155 Å². The molecule has 0 bridgehead atoms. The van der Waals surface area contributed by atoms with Crippen molar-refractivity contribution in [2.45, 2.75) is 25.6 Å². The zero-order valence-corrected chi connectivity index (χ0v) is 15.3. The molecule has 3 rings (SSSR count). The van der Waals surface area contributed by atoms with Crippen LogP contribution in [0.1, 0.15) is 17.5 Å². The topological polar surface area (TPSA) is 56.2 Å². The molecule has 1 atom stereocenters. The van der Waals surface area contributed by atoms with Crippen LogP contribution in [0.2, 0.25) is 0 Å². The van der Waals surface area contributed by atoms with Crippen molar-refractivity contribution in [3.63, 3.8) is 0 Å². The third-order valence-corrected chi connectivity index (χ3v) is 5.08. The zero-order chi connectivity index (χ0) is 18.4. The second kappa shape index (κ2) is 9.03. The lowest BCUT2D eigenvalue weighted by atomic mass is 10.1. The molecule has 1 unspecified atom stereocenters. The summed E-state index contributed by atoms with van der Waals surface area (Å²) in [6.45, 7) is 4.54. The van der Waals surface area contributed by atoms with Crippen LogP contribution in [-0.4, -0.2) is 59.4 Å². The number of nitrogens with zero attached hydrogens (tertiary/aromatic N) is 2. The average Bonchev–Trinajstić information content (AvgIpc) is 2.66.